The van der Waals surface area contributed by atoms with E-state index in [0.717, 1.165) is 12.8 Å². The van der Waals surface area contributed by atoms with Gasteiger partial charge in [0.15, 0.2) is 0 Å². The van der Waals surface area contributed by atoms with E-state index >= 15 is 0 Å². The highest BCUT2D eigenvalue weighted by molar-refractivity contribution is 5.39. The van der Waals surface area contributed by atoms with Gasteiger partial charge in [0.1, 0.15) is 17.2 Å². The second kappa shape index (κ2) is 3.22. The van der Waals surface area contributed by atoms with Crippen molar-refractivity contribution in [2.24, 2.45) is 5.41 Å². The van der Waals surface area contributed by atoms with E-state index in [1.807, 2.05) is 6.92 Å². The maximum Gasteiger partial charge on any atom is 0.128 e. The van der Waals surface area contributed by atoms with Gasteiger partial charge in [0, 0.05) is 23.5 Å². The van der Waals surface area contributed by atoms with Crippen molar-refractivity contribution < 1.29 is 14.2 Å². The zero-order valence-electron chi connectivity index (χ0n) is 10.2. The van der Waals surface area contributed by atoms with Gasteiger partial charge >= 0.3 is 0 Å². The van der Waals surface area contributed by atoms with Crippen LogP contribution in [0.2, 0.25) is 0 Å². The Morgan fingerprint density at radius 2 is 2.06 bits per heavy atom. The summed E-state index contributed by atoms with van der Waals surface area (Å²) >= 11 is 0. The molecule has 0 spiro atoms. The molecule has 0 bridgehead atoms. The number of aliphatic hydroxyl groups excluding tert-OH is 1. The Balaban J connectivity index is 2.02. The number of hydrogen-bond acceptors (Lipinski definition) is 2. The third-order valence-electron chi connectivity index (χ3n) is 4.53. The largest absolute Gasteiger partial charge is 0.486 e. The molecule has 1 N–H and O–H groups in total. The second-order valence-electron chi connectivity index (χ2n) is 5.80. The predicted molar refractivity (Wildman–Crippen MR) is 62.4 cm³/mol. The molecule has 2 nitrogen and oxygen atoms in total. The van der Waals surface area contributed by atoms with Crippen molar-refractivity contribution in [1.82, 2.24) is 0 Å². The Morgan fingerprint density at radius 3 is 2.71 bits per heavy atom. The smallest absolute Gasteiger partial charge is 0.128 e. The van der Waals surface area contributed by atoms with Crippen molar-refractivity contribution in [3.05, 3.63) is 29.6 Å². The lowest BCUT2D eigenvalue weighted by molar-refractivity contribution is -0.0474. The highest BCUT2D eigenvalue weighted by Gasteiger charge is 2.57. The van der Waals surface area contributed by atoms with Gasteiger partial charge in [0.25, 0.3) is 0 Å². The van der Waals surface area contributed by atoms with Crippen LogP contribution < -0.4 is 4.74 Å². The van der Waals surface area contributed by atoms with Crippen LogP contribution in [-0.2, 0) is 0 Å². The average molecular weight is 236 g/mol. The quantitative estimate of drug-likeness (QED) is 0.811. The molecule has 17 heavy (non-hydrogen) atoms. The summed E-state index contributed by atoms with van der Waals surface area (Å²) in [6, 6.07) is 4.36. The standard InChI is InChI=1S/C14H17FO2/c1-13(5-6-13)14(2)8-11(16)10-4-3-9(15)7-12(10)17-14/h3-4,7,11,16H,5-6,8H2,1-2H3/t11-,14?/m1/s1. The summed E-state index contributed by atoms with van der Waals surface area (Å²) in [5, 5.41) is 10.2. The molecule has 3 heteroatoms. The fourth-order valence-electron chi connectivity index (χ4n) is 2.72. The van der Waals surface area contributed by atoms with Crippen LogP contribution in [0.1, 0.15) is 44.8 Å². The molecule has 1 aliphatic carbocycles. The molecule has 1 unspecified atom stereocenters. The van der Waals surface area contributed by atoms with Gasteiger partial charge in [-0.15, -0.1) is 0 Å². The van der Waals surface area contributed by atoms with Gasteiger partial charge in [-0.3, -0.25) is 0 Å². The first-order valence-corrected chi connectivity index (χ1v) is 6.10. The minimum atomic E-state index is -0.554. The SMILES string of the molecule is CC1(C2(C)C[C@@H](O)c3ccc(F)cc3O2)CC1. The van der Waals surface area contributed by atoms with E-state index in [9.17, 15) is 9.50 Å². The Kier molecular flexibility index (Phi) is 2.09. The van der Waals surface area contributed by atoms with Gasteiger partial charge in [-0.25, -0.2) is 4.39 Å². The average Bonchev–Trinajstić information content (AvgIpc) is 2.97. The summed E-state index contributed by atoms with van der Waals surface area (Å²) < 4.78 is 19.2. The van der Waals surface area contributed by atoms with Crippen LogP contribution in [-0.4, -0.2) is 10.7 Å². The van der Waals surface area contributed by atoms with Crippen molar-refractivity contribution in [2.75, 3.05) is 0 Å². The van der Waals surface area contributed by atoms with Crippen LogP contribution in [0.15, 0.2) is 18.2 Å². The topological polar surface area (TPSA) is 29.5 Å². The monoisotopic (exact) mass is 236 g/mol. The van der Waals surface area contributed by atoms with Gasteiger partial charge in [-0.1, -0.05) is 6.92 Å². The van der Waals surface area contributed by atoms with Crippen molar-refractivity contribution in [3.8, 4) is 5.75 Å². The number of halogens is 1. The highest BCUT2D eigenvalue weighted by atomic mass is 19.1. The van der Waals surface area contributed by atoms with Gasteiger partial charge < -0.3 is 9.84 Å². The van der Waals surface area contributed by atoms with Gasteiger partial charge in [-0.2, -0.15) is 0 Å². The minimum absolute atomic E-state index is 0.123. The fourth-order valence-corrected chi connectivity index (χ4v) is 2.72. The molecule has 1 aliphatic heterocycles. The summed E-state index contributed by atoms with van der Waals surface area (Å²) in [5.74, 6) is 0.181. The summed E-state index contributed by atoms with van der Waals surface area (Å²) in [5.41, 5.74) is 0.443. The van der Waals surface area contributed by atoms with Crippen molar-refractivity contribution in [1.29, 1.82) is 0 Å². The maximum atomic E-state index is 13.2. The van der Waals surface area contributed by atoms with Gasteiger partial charge in [-0.05, 0) is 31.9 Å². The molecule has 92 valence electrons. The first-order chi connectivity index (χ1) is 7.94. The maximum absolute atomic E-state index is 13.2. The van der Waals surface area contributed by atoms with E-state index in [-0.39, 0.29) is 16.8 Å². The number of hydrogen-bond donors (Lipinski definition) is 1. The van der Waals surface area contributed by atoms with Crippen LogP contribution in [0.3, 0.4) is 0 Å². The van der Waals surface area contributed by atoms with Gasteiger partial charge in [0.2, 0.25) is 0 Å². The lowest BCUT2D eigenvalue weighted by Gasteiger charge is -2.42. The molecular weight excluding hydrogens is 219 g/mol. The van der Waals surface area contributed by atoms with Crippen molar-refractivity contribution in [2.45, 2.75) is 44.8 Å². The van der Waals surface area contributed by atoms with Crippen molar-refractivity contribution in [3.63, 3.8) is 0 Å². The zero-order valence-corrected chi connectivity index (χ0v) is 10.2. The number of rotatable bonds is 1. The van der Waals surface area contributed by atoms with E-state index in [1.54, 1.807) is 6.07 Å². The van der Waals surface area contributed by atoms with Crippen LogP contribution in [0, 0.1) is 11.2 Å². The molecule has 2 atom stereocenters. The number of fused-ring (bicyclic) bond motifs is 1. The number of ether oxygens (including phenoxy) is 1. The van der Waals surface area contributed by atoms with Crippen LogP contribution in [0.5, 0.6) is 5.75 Å². The Labute approximate surface area is 100 Å². The Hall–Kier alpha value is -1.09. The lowest BCUT2D eigenvalue weighted by Crippen LogP contribution is -2.45. The molecule has 1 saturated carbocycles. The van der Waals surface area contributed by atoms with Crippen LogP contribution >= 0.6 is 0 Å². The second-order valence-corrected chi connectivity index (χ2v) is 5.80. The minimum Gasteiger partial charge on any atom is -0.486 e. The van der Waals surface area contributed by atoms with E-state index in [0.29, 0.717) is 17.7 Å². The third kappa shape index (κ3) is 1.56. The number of aliphatic hydroxyl groups is 1. The molecule has 1 heterocycles. The fraction of sp³-hybridized carbons (Fsp3) is 0.571. The molecule has 1 fully saturated rings. The van der Waals surface area contributed by atoms with Crippen LogP contribution in [0.25, 0.3) is 0 Å². The third-order valence-corrected chi connectivity index (χ3v) is 4.53. The van der Waals surface area contributed by atoms with E-state index < -0.39 is 6.10 Å². The molecule has 0 amide bonds. The molecule has 1 aromatic carbocycles. The summed E-state index contributed by atoms with van der Waals surface area (Å²) in [6.07, 6.45) is 2.26. The molecular formula is C14H17FO2. The summed E-state index contributed by atoms with van der Waals surface area (Å²) in [6.45, 7) is 4.20. The lowest BCUT2D eigenvalue weighted by atomic mass is 9.79. The van der Waals surface area contributed by atoms with Gasteiger partial charge in [0.05, 0.1) is 6.10 Å². The first kappa shape index (κ1) is 11.0. The summed E-state index contributed by atoms with van der Waals surface area (Å²) in [4.78, 5) is 0. The summed E-state index contributed by atoms with van der Waals surface area (Å²) in [7, 11) is 0. The normalized spacial score (nSPS) is 33.8. The predicted octanol–water partition coefficient (Wildman–Crippen LogP) is 3.20. The molecule has 3 rings (SSSR count). The van der Waals surface area contributed by atoms with E-state index in [1.165, 1.54) is 12.1 Å². The van der Waals surface area contributed by atoms with E-state index in [2.05, 4.69) is 6.92 Å². The Morgan fingerprint density at radius 1 is 1.35 bits per heavy atom. The molecule has 0 aromatic heterocycles. The van der Waals surface area contributed by atoms with E-state index in [4.69, 9.17) is 4.74 Å². The molecule has 1 aromatic rings. The molecule has 0 saturated heterocycles. The highest BCUT2D eigenvalue weighted by Crippen LogP contribution is 2.59. The molecule has 2 aliphatic rings. The zero-order chi connectivity index (χ0) is 12.3. The first-order valence-electron chi connectivity index (χ1n) is 6.10. The number of benzene rings is 1. The molecule has 0 radical (unpaired) electrons. The van der Waals surface area contributed by atoms with Crippen LogP contribution in [0.4, 0.5) is 4.39 Å². The Bertz CT molecular complexity index is 467. The van der Waals surface area contributed by atoms with Crippen molar-refractivity contribution >= 4 is 0 Å².